The molecular formula is C17H21N3O3. The predicted octanol–water partition coefficient (Wildman–Crippen LogP) is 3.05. The molecule has 1 aromatic heterocycles. The molecule has 2 aromatic rings. The minimum Gasteiger partial charge on any atom is -0.443 e. The van der Waals surface area contributed by atoms with Crippen molar-refractivity contribution in [2.45, 2.75) is 40.2 Å². The molecule has 1 heterocycles. The predicted molar refractivity (Wildman–Crippen MR) is 88.3 cm³/mol. The van der Waals surface area contributed by atoms with E-state index in [1.54, 1.807) is 33.8 Å². The summed E-state index contributed by atoms with van der Waals surface area (Å²) in [6.07, 6.45) is 1.05. The molecule has 0 aliphatic heterocycles. The highest BCUT2D eigenvalue weighted by molar-refractivity contribution is 5.72. The minimum absolute atomic E-state index is 0.277. The van der Waals surface area contributed by atoms with Crippen molar-refractivity contribution in [1.29, 1.82) is 0 Å². The van der Waals surface area contributed by atoms with E-state index < -0.39 is 17.4 Å². The minimum atomic E-state index is -0.727. The summed E-state index contributed by atoms with van der Waals surface area (Å²) in [6, 6.07) is 9.40. The van der Waals surface area contributed by atoms with Crippen LogP contribution in [-0.4, -0.2) is 26.0 Å². The van der Waals surface area contributed by atoms with Crippen molar-refractivity contribution in [2.24, 2.45) is 0 Å². The van der Waals surface area contributed by atoms with E-state index in [0.717, 1.165) is 10.1 Å². The summed E-state index contributed by atoms with van der Waals surface area (Å²) < 4.78 is 7.43. The number of benzene rings is 1. The van der Waals surface area contributed by atoms with Crippen molar-refractivity contribution in [3.05, 3.63) is 58.3 Å². The van der Waals surface area contributed by atoms with Gasteiger partial charge in [-0.2, -0.15) is 9.25 Å². The third-order valence-electron chi connectivity index (χ3n) is 3.09. The van der Waals surface area contributed by atoms with Gasteiger partial charge in [-0.05, 0) is 34.6 Å². The van der Waals surface area contributed by atoms with Crippen LogP contribution in [0.3, 0.4) is 0 Å². The Morgan fingerprint density at radius 3 is 2.35 bits per heavy atom. The van der Waals surface area contributed by atoms with Crippen LogP contribution >= 0.6 is 0 Å². The summed E-state index contributed by atoms with van der Waals surface area (Å²) in [5.41, 5.74) is 0.217. The third-order valence-corrected chi connectivity index (χ3v) is 3.09. The first-order valence-electron chi connectivity index (χ1n) is 7.38. The van der Waals surface area contributed by atoms with E-state index in [2.05, 4.69) is 5.10 Å². The zero-order valence-corrected chi connectivity index (χ0v) is 14.0. The maximum Gasteiger partial charge on any atom is 0.424 e. The van der Waals surface area contributed by atoms with Crippen LogP contribution in [0.1, 0.15) is 39.1 Å². The lowest BCUT2D eigenvalue weighted by Gasteiger charge is -2.19. The second-order valence-electron chi connectivity index (χ2n) is 6.10. The molecule has 0 fully saturated rings. The van der Waals surface area contributed by atoms with Gasteiger partial charge in [0.15, 0.2) is 0 Å². The zero-order chi connectivity index (χ0) is 17.2. The van der Waals surface area contributed by atoms with E-state index in [1.807, 2.05) is 37.3 Å². The van der Waals surface area contributed by atoms with Crippen molar-refractivity contribution < 1.29 is 9.53 Å². The van der Waals surface area contributed by atoms with E-state index in [-0.39, 0.29) is 5.82 Å². The number of carbonyl (C=O) groups excluding carboxylic acids is 1. The maximum absolute atomic E-state index is 12.6. The van der Waals surface area contributed by atoms with Crippen LogP contribution in [0.15, 0.2) is 41.2 Å². The smallest absolute Gasteiger partial charge is 0.424 e. The molecule has 0 spiro atoms. The maximum atomic E-state index is 12.6. The summed E-state index contributed by atoms with van der Waals surface area (Å²) in [4.78, 5) is 24.8. The molecule has 0 saturated carbocycles. The highest BCUT2D eigenvalue weighted by Gasteiger charge is 2.24. The van der Waals surface area contributed by atoms with Gasteiger partial charge in [0, 0.05) is 5.56 Å². The molecule has 0 aliphatic carbocycles. The third kappa shape index (κ3) is 3.59. The van der Waals surface area contributed by atoms with E-state index >= 15 is 0 Å². The van der Waals surface area contributed by atoms with Gasteiger partial charge in [0.25, 0.3) is 0 Å². The van der Waals surface area contributed by atoms with E-state index in [1.165, 1.54) is 4.68 Å². The van der Waals surface area contributed by atoms with Gasteiger partial charge in [0.05, 0.1) is 5.70 Å². The normalized spacial score (nSPS) is 12.3. The van der Waals surface area contributed by atoms with Gasteiger partial charge >= 0.3 is 11.8 Å². The molecule has 0 bridgehead atoms. The number of aromatic nitrogens is 3. The van der Waals surface area contributed by atoms with Crippen molar-refractivity contribution in [3.8, 4) is 0 Å². The molecule has 0 N–H and O–H groups in total. The highest BCUT2D eigenvalue weighted by atomic mass is 16.6. The second kappa shape index (κ2) is 6.24. The van der Waals surface area contributed by atoms with Crippen LogP contribution in [0.25, 0.3) is 5.70 Å². The van der Waals surface area contributed by atoms with Crippen LogP contribution < -0.4 is 5.69 Å². The van der Waals surface area contributed by atoms with E-state index in [0.29, 0.717) is 5.70 Å². The first-order chi connectivity index (χ1) is 10.7. The van der Waals surface area contributed by atoms with Crippen molar-refractivity contribution in [2.75, 3.05) is 0 Å². The topological polar surface area (TPSA) is 66.1 Å². The SMILES string of the molecule is C/C=C(\c1ccccc1)n1nc(C)n(C(=O)OC(C)(C)C)c1=O. The Bertz CT molecular complexity index is 793. The van der Waals surface area contributed by atoms with Crippen LogP contribution in [0, 0.1) is 6.92 Å². The van der Waals surface area contributed by atoms with Crippen molar-refractivity contribution in [1.82, 2.24) is 14.3 Å². The van der Waals surface area contributed by atoms with E-state index in [4.69, 9.17) is 4.74 Å². The Morgan fingerprint density at radius 1 is 1.22 bits per heavy atom. The zero-order valence-electron chi connectivity index (χ0n) is 14.0. The average molecular weight is 315 g/mol. The number of hydrogen-bond acceptors (Lipinski definition) is 4. The van der Waals surface area contributed by atoms with Gasteiger partial charge in [-0.3, -0.25) is 0 Å². The number of allylic oxidation sites excluding steroid dienone is 1. The summed E-state index contributed by atoms with van der Waals surface area (Å²) in [5, 5.41) is 4.21. The molecule has 0 aliphatic rings. The molecule has 2 rings (SSSR count). The lowest BCUT2D eigenvalue weighted by Crippen LogP contribution is -2.35. The largest absolute Gasteiger partial charge is 0.443 e. The van der Waals surface area contributed by atoms with Crippen LogP contribution in [0.5, 0.6) is 0 Å². The number of aryl methyl sites for hydroxylation is 1. The highest BCUT2D eigenvalue weighted by Crippen LogP contribution is 2.15. The Hall–Kier alpha value is -2.63. The molecule has 1 aromatic carbocycles. The van der Waals surface area contributed by atoms with Crippen molar-refractivity contribution in [3.63, 3.8) is 0 Å². The fourth-order valence-electron chi connectivity index (χ4n) is 2.16. The van der Waals surface area contributed by atoms with Crippen LogP contribution in [0.4, 0.5) is 4.79 Å². The summed E-state index contributed by atoms with van der Waals surface area (Å²) in [5.74, 6) is 0.277. The van der Waals surface area contributed by atoms with Gasteiger partial charge < -0.3 is 4.74 Å². The quantitative estimate of drug-likeness (QED) is 0.854. The van der Waals surface area contributed by atoms with Gasteiger partial charge in [-0.15, -0.1) is 5.10 Å². The molecule has 0 saturated heterocycles. The molecule has 6 heteroatoms. The van der Waals surface area contributed by atoms with E-state index in [9.17, 15) is 9.59 Å². The Balaban J connectivity index is 2.50. The molecule has 0 unspecified atom stereocenters. The van der Waals surface area contributed by atoms with Crippen LogP contribution in [-0.2, 0) is 4.74 Å². The number of nitrogens with zero attached hydrogens (tertiary/aromatic N) is 3. The Kier molecular flexibility index (Phi) is 4.54. The summed E-state index contributed by atoms with van der Waals surface area (Å²) in [7, 11) is 0. The monoisotopic (exact) mass is 315 g/mol. The van der Waals surface area contributed by atoms with Gasteiger partial charge in [0.2, 0.25) is 0 Å². The van der Waals surface area contributed by atoms with Crippen molar-refractivity contribution >= 4 is 11.8 Å². The lowest BCUT2D eigenvalue weighted by atomic mass is 10.1. The molecule has 0 atom stereocenters. The standard InChI is InChI=1S/C17H21N3O3/c1-6-14(13-10-8-7-9-11-13)20-15(21)19(12(2)18-20)16(22)23-17(3,4)5/h6-11H,1-5H3/b14-6+. The van der Waals surface area contributed by atoms with Gasteiger partial charge in [-0.1, -0.05) is 36.4 Å². The Labute approximate surface area is 135 Å². The number of hydrogen-bond donors (Lipinski definition) is 0. The van der Waals surface area contributed by atoms with Gasteiger partial charge in [0.1, 0.15) is 11.4 Å². The molecule has 6 nitrogen and oxygen atoms in total. The molecule has 0 radical (unpaired) electrons. The van der Waals surface area contributed by atoms with Crippen LogP contribution in [0.2, 0.25) is 0 Å². The number of carbonyl (C=O) groups is 1. The van der Waals surface area contributed by atoms with Gasteiger partial charge in [-0.25, -0.2) is 9.59 Å². The summed E-state index contributed by atoms with van der Waals surface area (Å²) in [6.45, 7) is 8.65. The molecule has 0 amide bonds. The first-order valence-corrected chi connectivity index (χ1v) is 7.38. The Morgan fingerprint density at radius 2 is 1.83 bits per heavy atom. The number of ether oxygens (including phenoxy) is 1. The fourth-order valence-corrected chi connectivity index (χ4v) is 2.16. The number of rotatable bonds is 2. The molecule has 122 valence electrons. The fraction of sp³-hybridized carbons (Fsp3) is 0.353. The lowest BCUT2D eigenvalue weighted by molar-refractivity contribution is 0.0527. The average Bonchev–Trinajstić information content (AvgIpc) is 2.74. The molecular weight excluding hydrogens is 294 g/mol. The molecule has 23 heavy (non-hydrogen) atoms. The summed E-state index contributed by atoms with van der Waals surface area (Å²) >= 11 is 0. The first kappa shape index (κ1) is 16.7. The second-order valence-corrected chi connectivity index (χ2v) is 6.10.